The van der Waals surface area contributed by atoms with E-state index in [1.165, 1.54) is 12.8 Å². The topological polar surface area (TPSA) is 105 Å². The second-order valence-electron chi connectivity index (χ2n) is 7.79. The van der Waals surface area contributed by atoms with Crippen LogP contribution < -0.4 is 15.0 Å². The summed E-state index contributed by atoms with van der Waals surface area (Å²) in [6.45, 7) is 2.09. The van der Waals surface area contributed by atoms with E-state index < -0.39 is 6.10 Å². The molecule has 9 heteroatoms. The van der Waals surface area contributed by atoms with Gasteiger partial charge in [-0.15, -0.1) is 0 Å². The molecule has 1 fully saturated rings. The highest BCUT2D eigenvalue weighted by Gasteiger charge is 2.19. The molecule has 0 aliphatic heterocycles. The number of aliphatic hydroxyl groups excluding tert-OH is 1. The van der Waals surface area contributed by atoms with E-state index in [2.05, 4.69) is 15.0 Å². The van der Waals surface area contributed by atoms with Crippen LogP contribution in [0.5, 0.6) is 11.5 Å². The maximum Gasteiger partial charge on any atom is 0.277 e. The maximum atomic E-state index is 12.3. The van der Waals surface area contributed by atoms with E-state index in [1.54, 1.807) is 18.6 Å². The lowest BCUT2D eigenvalue weighted by Gasteiger charge is -2.17. The van der Waals surface area contributed by atoms with Crippen LogP contribution >= 0.6 is 12.2 Å². The molecule has 1 unspecified atom stereocenters. The zero-order valence-electron chi connectivity index (χ0n) is 17.1. The zero-order chi connectivity index (χ0) is 21.3. The van der Waals surface area contributed by atoms with Gasteiger partial charge in [-0.05, 0) is 62.5 Å². The number of ether oxygens (including phenoxy) is 2. The fourth-order valence-electron chi connectivity index (χ4n) is 3.89. The Labute approximate surface area is 178 Å². The molecular formula is C21H26N4O4S. The molecule has 1 aliphatic carbocycles. The largest absolute Gasteiger partial charge is 0.493 e. The van der Waals surface area contributed by atoms with Crippen molar-refractivity contribution in [1.82, 2.24) is 19.5 Å². The van der Waals surface area contributed by atoms with Crippen molar-refractivity contribution in [3.05, 3.63) is 44.7 Å². The van der Waals surface area contributed by atoms with E-state index >= 15 is 0 Å². The number of nitrogens with zero attached hydrogens (tertiary/aromatic N) is 2. The van der Waals surface area contributed by atoms with Crippen molar-refractivity contribution >= 4 is 23.4 Å². The van der Waals surface area contributed by atoms with Crippen LogP contribution in [0.25, 0.3) is 11.2 Å². The molecule has 4 rings (SSSR count). The van der Waals surface area contributed by atoms with Crippen LogP contribution in [0.2, 0.25) is 0 Å². The van der Waals surface area contributed by atoms with Gasteiger partial charge in [0.25, 0.3) is 5.56 Å². The Morgan fingerprint density at radius 3 is 2.77 bits per heavy atom. The first-order valence-corrected chi connectivity index (χ1v) is 10.6. The molecule has 0 radical (unpaired) electrons. The first kappa shape index (κ1) is 20.6. The number of aliphatic hydroxyl groups is 1. The van der Waals surface area contributed by atoms with Crippen LogP contribution in [0.1, 0.15) is 44.0 Å². The quantitative estimate of drug-likeness (QED) is 0.498. The van der Waals surface area contributed by atoms with Crippen molar-refractivity contribution in [3.63, 3.8) is 0 Å². The molecule has 3 N–H and O–H groups in total. The minimum Gasteiger partial charge on any atom is -0.493 e. The van der Waals surface area contributed by atoms with Crippen LogP contribution in [-0.4, -0.2) is 43.9 Å². The van der Waals surface area contributed by atoms with Crippen LogP contribution in [0.3, 0.4) is 0 Å². The van der Waals surface area contributed by atoms with Crippen LogP contribution in [0.4, 0.5) is 0 Å². The van der Waals surface area contributed by atoms with Crippen molar-refractivity contribution < 1.29 is 14.6 Å². The molecule has 0 amide bonds. The highest BCUT2D eigenvalue weighted by atomic mass is 32.1. The third kappa shape index (κ3) is 4.27. The summed E-state index contributed by atoms with van der Waals surface area (Å²) in [4.78, 5) is 22.5. The van der Waals surface area contributed by atoms with Crippen LogP contribution in [0, 0.1) is 4.77 Å². The molecule has 3 aromatic rings. The molecule has 1 aliphatic rings. The summed E-state index contributed by atoms with van der Waals surface area (Å²) in [5, 5.41) is 9.66. The summed E-state index contributed by atoms with van der Waals surface area (Å²) in [7, 11) is 1.63. The smallest absolute Gasteiger partial charge is 0.277 e. The normalized spacial score (nSPS) is 15.6. The van der Waals surface area contributed by atoms with Crippen molar-refractivity contribution in [2.45, 2.75) is 57.8 Å². The number of hydrogen-bond acceptors (Lipinski definition) is 6. The average molecular weight is 431 g/mol. The fraction of sp³-hybridized carbons (Fsp3) is 0.476. The number of hydrogen-bond donors (Lipinski definition) is 3. The highest BCUT2D eigenvalue weighted by molar-refractivity contribution is 7.71. The lowest BCUT2D eigenvalue weighted by molar-refractivity contribution is 0.193. The number of aromatic nitrogens is 4. The first-order valence-electron chi connectivity index (χ1n) is 10.2. The van der Waals surface area contributed by atoms with E-state index in [-0.39, 0.29) is 16.4 Å². The molecule has 0 saturated heterocycles. The summed E-state index contributed by atoms with van der Waals surface area (Å²) in [5.41, 5.74) is 1.44. The van der Waals surface area contributed by atoms with Gasteiger partial charge < -0.3 is 19.6 Å². The second-order valence-corrected chi connectivity index (χ2v) is 8.18. The molecule has 30 heavy (non-hydrogen) atoms. The summed E-state index contributed by atoms with van der Waals surface area (Å²) in [6, 6.07) is 5.79. The van der Waals surface area contributed by atoms with Gasteiger partial charge in [0, 0.05) is 6.42 Å². The predicted molar refractivity (Wildman–Crippen MR) is 116 cm³/mol. The molecular weight excluding hydrogens is 404 g/mol. The first-order chi connectivity index (χ1) is 14.4. The number of H-pyrrole nitrogens is 2. The third-order valence-electron chi connectivity index (χ3n) is 5.34. The SMILES string of the molecule is COc1ccc(Cn2c(=S)[nH]c(=O)c3[nH]c(CC(C)O)nc32)cc1OC1CCCC1. The molecule has 0 bridgehead atoms. The van der Waals surface area contributed by atoms with Gasteiger partial charge in [-0.2, -0.15) is 0 Å². The predicted octanol–water partition coefficient (Wildman–Crippen LogP) is 3.08. The summed E-state index contributed by atoms with van der Waals surface area (Å²) in [5.74, 6) is 1.95. The number of benzene rings is 1. The Kier molecular flexibility index (Phi) is 5.92. The molecule has 1 aromatic carbocycles. The number of imidazole rings is 1. The third-order valence-corrected chi connectivity index (χ3v) is 5.66. The Hall–Kier alpha value is -2.65. The number of fused-ring (bicyclic) bond motifs is 1. The number of rotatable bonds is 7. The van der Waals surface area contributed by atoms with Gasteiger partial charge in [0.15, 0.2) is 21.9 Å². The van der Waals surface area contributed by atoms with Gasteiger partial charge >= 0.3 is 0 Å². The van der Waals surface area contributed by atoms with E-state index in [9.17, 15) is 9.90 Å². The minimum atomic E-state index is -0.571. The van der Waals surface area contributed by atoms with E-state index in [0.717, 1.165) is 18.4 Å². The van der Waals surface area contributed by atoms with E-state index in [0.29, 0.717) is 41.5 Å². The van der Waals surface area contributed by atoms with Crippen LogP contribution in [-0.2, 0) is 13.0 Å². The summed E-state index contributed by atoms with van der Waals surface area (Å²) >= 11 is 5.41. The van der Waals surface area contributed by atoms with Gasteiger partial charge in [0.05, 0.1) is 25.9 Å². The van der Waals surface area contributed by atoms with Gasteiger partial charge in [0.1, 0.15) is 11.3 Å². The molecule has 1 saturated carbocycles. The lowest BCUT2D eigenvalue weighted by atomic mass is 10.2. The average Bonchev–Trinajstić information content (AvgIpc) is 3.35. The number of nitrogens with one attached hydrogen (secondary N) is 2. The van der Waals surface area contributed by atoms with Crippen molar-refractivity contribution in [1.29, 1.82) is 0 Å². The maximum absolute atomic E-state index is 12.3. The highest BCUT2D eigenvalue weighted by Crippen LogP contribution is 2.32. The molecule has 2 aromatic heterocycles. The summed E-state index contributed by atoms with van der Waals surface area (Å²) < 4.78 is 13.7. The monoisotopic (exact) mass is 430 g/mol. The Bertz CT molecular complexity index is 1160. The minimum absolute atomic E-state index is 0.213. The zero-order valence-corrected chi connectivity index (χ0v) is 17.9. The second kappa shape index (κ2) is 8.61. The van der Waals surface area contributed by atoms with Crippen molar-refractivity contribution in [2.24, 2.45) is 0 Å². The lowest BCUT2D eigenvalue weighted by Crippen LogP contribution is -2.15. The summed E-state index contributed by atoms with van der Waals surface area (Å²) in [6.07, 6.45) is 4.44. The van der Waals surface area contributed by atoms with Gasteiger partial charge in [-0.25, -0.2) is 4.98 Å². The Morgan fingerprint density at radius 2 is 2.07 bits per heavy atom. The van der Waals surface area contributed by atoms with Gasteiger partial charge in [-0.3, -0.25) is 14.3 Å². The number of aromatic amines is 2. The molecule has 160 valence electrons. The van der Waals surface area contributed by atoms with E-state index in [4.69, 9.17) is 21.7 Å². The van der Waals surface area contributed by atoms with Gasteiger partial charge in [0.2, 0.25) is 0 Å². The fourth-order valence-corrected chi connectivity index (χ4v) is 4.14. The van der Waals surface area contributed by atoms with E-state index in [1.807, 2.05) is 18.2 Å². The van der Waals surface area contributed by atoms with Gasteiger partial charge in [-0.1, -0.05) is 6.07 Å². The standard InChI is InChI=1S/C21H26N4O4S/c1-12(26)9-17-22-18-19(23-17)25(21(30)24-20(18)27)11-13-7-8-15(28-2)16(10-13)29-14-5-3-4-6-14/h7-8,10,12,14,26H,3-6,9,11H2,1-2H3,(H,22,23)(H,24,27,30). The Morgan fingerprint density at radius 1 is 1.30 bits per heavy atom. The molecule has 0 spiro atoms. The molecule has 2 heterocycles. The van der Waals surface area contributed by atoms with Crippen molar-refractivity contribution in [2.75, 3.05) is 7.11 Å². The van der Waals surface area contributed by atoms with Crippen LogP contribution in [0.15, 0.2) is 23.0 Å². The van der Waals surface area contributed by atoms with Crippen molar-refractivity contribution in [3.8, 4) is 11.5 Å². The molecule has 8 nitrogen and oxygen atoms in total. The Balaban J connectivity index is 1.70. The molecule has 1 atom stereocenters. The number of methoxy groups -OCH3 is 1.